The number of hydrogen-bond acceptors (Lipinski definition) is 4. The molecule has 0 unspecified atom stereocenters. The highest BCUT2D eigenvalue weighted by Gasteiger charge is 2.29. The highest BCUT2D eigenvalue weighted by atomic mass is 35.5. The standard InChI is InChI=1S/C16H20ClNO4/c1-2-21-16(20)12-6-5-9-18(10-12)15(19)11-22-14-8-4-3-7-13(14)17/h3-4,7-8,12H,2,5-6,9-11H2,1H3/t12-/m0/s1. The molecule has 0 bridgehead atoms. The first-order valence-electron chi connectivity index (χ1n) is 7.43. The molecule has 1 aromatic rings. The fraction of sp³-hybridized carbons (Fsp3) is 0.500. The quantitative estimate of drug-likeness (QED) is 0.781. The number of amides is 1. The van der Waals surface area contributed by atoms with E-state index in [1.54, 1.807) is 36.1 Å². The van der Waals surface area contributed by atoms with Crippen LogP contribution in [0.1, 0.15) is 19.8 Å². The highest BCUT2D eigenvalue weighted by Crippen LogP contribution is 2.23. The van der Waals surface area contributed by atoms with E-state index in [1.807, 2.05) is 0 Å². The Hall–Kier alpha value is -1.75. The van der Waals surface area contributed by atoms with Crippen LogP contribution in [-0.2, 0) is 14.3 Å². The van der Waals surface area contributed by atoms with Crippen LogP contribution in [0.3, 0.4) is 0 Å². The molecule has 120 valence electrons. The lowest BCUT2D eigenvalue weighted by molar-refractivity contribution is -0.151. The molecule has 6 heteroatoms. The number of carbonyl (C=O) groups is 2. The van der Waals surface area contributed by atoms with Crippen molar-refractivity contribution in [1.82, 2.24) is 4.90 Å². The van der Waals surface area contributed by atoms with Gasteiger partial charge in [-0.25, -0.2) is 0 Å². The van der Waals surface area contributed by atoms with Gasteiger partial charge < -0.3 is 14.4 Å². The lowest BCUT2D eigenvalue weighted by Crippen LogP contribution is -2.44. The number of hydrogen-bond donors (Lipinski definition) is 0. The van der Waals surface area contributed by atoms with Crippen LogP contribution in [0.5, 0.6) is 5.75 Å². The third-order valence-electron chi connectivity index (χ3n) is 3.58. The molecule has 0 spiro atoms. The van der Waals surface area contributed by atoms with Gasteiger partial charge in [-0.3, -0.25) is 9.59 Å². The molecule has 1 saturated heterocycles. The zero-order valence-corrected chi connectivity index (χ0v) is 13.3. The Labute approximate surface area is 135 Å². The van der Waals surface area contributed by atoms with E-state index in [9.17, 15) is 9.59 Å². The molecule has 2 rings (SSSR count). The van der Waals surface area contributed by atoms with Crippen LogP contribution < -0.4 is 4.74 Å². The fourth-order valence-electron chi connectivity index (χ4n) is 2.45. The van der Waals surface area contributed by atoms with E-state index in [2.05, 4.69) is 0 Å². The first-order valence-corrected chi connectivity index (χ1v) is 7.81. The van der Waals surface area contributed by atoms with Gasteiger partial charge in [0.25, 0.3) is 5.91 Å². The number of nitrogens with zero attached hydrogens (tertiary/aromatic N) is 1. The summed E-state index contributed by atoms with van der Waals surface area (Å²) >= 11 is 5.98. The molecule has 1 atom stereocenters. The number of esters is 1. The first kappa shape index (κ1) is 16.6. The van der Waals surface area contributed by atoms with Crippen molar-refractivity contribution in [3.63, 3.8) is 0 Å². The Morgan fingerprint density at radius 1 is 1.36 bits per heavy atom. The van der Waals surface area contributed by atoms with E-state index >= 15 is 0 Å². The van der Waals surface area contributed by atoms with Crippen LogP contribution in [0.4, 0.5) is 0 Å². The highest BCUT2D eigenvalue weighted by molar-refractivity contribution is 6.32. The van der Waals surface area contributed by atoms with Gasteiger partial charge in [-0.1, -0.05) is 23.7 Å². The maximum atomic E-state index is 12.2. The third-order valence-corrected chi connectivity index (χ3v) is 3.89. The molecule has 1 heterocycles. The molecular weight excluding hydrogens is 306 g/mol. The SMILES string of the molecule is CCOC(=O)[C@H]1CCCN(C(=O)COc2ccccc2Cl)C1. The fourth-order valence-corrected chi connectivity index (χ4v) is 2.64. The Morgan fingerprint density at radius 2 is 2.14 bits per heavy atom. The van der Waals surface area contributed by atoms with Crippen molar-refractivity contribution >= 4 is 23.5 Å². The van der Waals surface area contributed by atoms with Crippen molar-refractivity contribution < 1.29 is 19.1 Å². The molecule has 1 aliphatic rings. The van der Waals surface area contributed by atoms with Crippen LogP contribution in [0, 0.1) is 5.92 Å². The minimum Gasteiger partial charge on any atom is -0.482 e. The lowest BCUT2D eigenvalue weighted by atomic mass is 9.98. The smallest absolute Gasteiger partial charge is 0.310 e. The molecule has 0 aromatic heterocycles. The van der Waals surface area contributed by atoms with Crippen LogP contribution in [-0.4, -0.2) is 43.1 Å². The second-order valence-corrected chi connectivity index (χ2v) is 5.56. The Bertz CT molecular complexity index is 535. The number of benzene rings is 1. The second-order valence-electron chi connectivity index (χ2n) is 5.15. The topological polar surface area (TPSA) is 55.8 Å². The van der Waals surface area contributed by atoms with Gasteiger partial charge in [0.2, 0.25) is 0 Å². The summed E-state index contributed by atoms with van der Waals surface area (Å²) in [6, 6.07) is 7.02. The third kappa shape index (κ3) is 4.37. The van der Waals surface area contributed by atoms with E-state index in [0.29, 0.717) is 30.5 Å². The number of rotatable bonds is 5. The van der Waals surface area contributed by atoms with Gasteiger partial charge in [-0.15, -0.1) is 0 Å². The van der Waals surface area contributed by atoms with Crippen LogP contribution in [0.2, 0.25) is 5.02 Å². The zero-order chi connectivity index (χ0) is 15.9. The van der Waals surface area contributed by atoms with E-state index < -0.39 is 0 Å². The molecule has 0 N–H and O–H groups in total. The number of halogens is 1. The first-order chi connectivity index (χ1) is 10.6. The normalized spacial score (nSPS) is 17.9. The molecule has 5 nitrogen and oxygen atoms in total. The minimum atomic E-state index is -0.238. The van der Waals surface area contributed by atoms with Gasteiger partial charge in [-0.05, 0) is 31.9 Å². The van der Waals surface area contributed by atoms with E-state index in [4.69, 9.17) is 21.1 Å². The predicted molar refractivity (Wildman–Crippen MR) is 82.9 cm³/mol. The molecule has 0 radical (unpaired) electrons. The van der Waals surface area contributed by atoms with E-state index in [-0.39, 0.29) is 24.4 Å². The molecule has 1 aromatic carbocycles. The van der Waals surface area contributed by atoms with Gasteiger partial charge in [0.1, 0.15) is 5.75 Å². The average Bonchev–Trinajstić information content (AvgIpc) is 2.54. The molecule has 1 fully saturated rings. The van der Waals surface area contributed by atoms with Gasteiger partial charge in [0.05, 0.1) is 17.5 Å². The number of para-hydroxylation sites is 1. The molecule has 1 aliphatic heterocycles. The van der Waals surface area contributed by atoms with Crippen LogP contribution in [0.25, 0.3) is 0 Å². The average molecular weight is 326 g/mol. The predicted octanol–water partition coefficient (Wildman–Crippen LogP) is 2.52. The molecular formula is C16H20ClNO4. The lowest BCUT2D eigenvalue weighted by Gasteiger charge is -2.31. The van der Waals surface area contributed by atoms with Gasteiger partial charge in [0.15, 0.2) is 6.61 Å². The van der Waals surface area contributed by atoms with Crippen molar-refractivity contribution in [3.8, 4) is 5.75 Å². The maximum absolute atomic E-state index is 12.2. The monoisotopic (exact) mass is 325 g/mol. The Balaban J connectivity index is 1.87. The maximum Gasteiger partial charge on any atom is 0.310 e. The molecule has 22 heavy (non-hydrogen) atoms. The van der Waals surface area contributed by atoms with Crippen molar-refractivity contribution in [2.24, 2.45) is 5.92 Å². The summed E-state index contributed by atoms with van der Waals surface area (Å²) in [5, 5.41) is 0.471. The van der Waals surface area contributed by atoms with Crippen LogP contribution in [0.15, 0.2) is 24.3 Å². The minimum absolute atomic E-state index is 0.0840. The number of likely N-dealkylation sites (tertiary alicyclic amines) is 1. The molecule has 0 saturated carbocycles. The summed E-state index contributed by atoms with van der Waals surface area (Å²) in [5.74, 6) is -0.129. The summed E-state index contributed by atoms with van der Waals surface area (Å²) in [5.41, 5.74) is 0. The molecule has 1 amide bonds. The number of carbonyl (C=O) groups excluding carboxylic acids is 2. The summed E-state index contributed by atoms with van der Waals surface area (Å²) in [6.07, 6.45) is 1.55. The van der Waals surface area contributed by atoms with Gasteiger partial charge in [0, 0.05) is 13.1 Å². The number of piperidine rings is 1. The van der Waals surface area contributed by atoms with E-state index in [0.717, 1.165) is 12.8 Å². The summed E-state index contributed by atoms with van der Waals surface area (Å²) < 4.78 is 10.5. The second kappa shape index (κ2) is 8.03. The zero-order valence-electron chi connectivity index (χ0n) is 12.6. The molecule has 0 aliphatic carbocycles. The Morgan fingerprint density at radius 3 is 2.86 bits per heavy atom. The summed E-state index contributed by atoms with van der Waals surface area (Å²) in [4.78, 5) is 25.7. The number of ether oxygens (including phenoxy) is 2. The largest absolute Gasteiger partial charge is 0.482 e. The van der Waals surface area contributed by atoms with Crippen LogP contribution >= 0.6 is 11.6 Å². The van der Waals surface area contributed by atoms with Gasteiger partial charge in [-0.2, -0.15) is 0 Å². The summed E-state index contributed by atoms with van der Waals surface area (Å²) in [6.45, 7) is 3.09. The summed E-state index contributed by atoms with van der Waals surface area (Å²) in [7, 11) is 0. The van der Waals surface area contributed by atoms with Crippen molar-refractivity contribution in [2.75, 3.05) is 26.3 Å². The van der Waals surface area contributed by atoms with Crippen molar-refractivity contribution in [2.45, 2.75) is 19.8 Å². The van der Waals surface area contributed by atoms with Gasteiger partial charge >= 0.3 is 5.97 Å². The van der Waals surface area contributed by atoms with Crippen molar-refractivity contribution in [3.05, 3.63) is 29.3 Å². The Kier molecular flexibility index (Phi) is 6.07. The van der Waals surface area contributed by atoms with Crippen molar-refractivity contribution in [1.29, 1.82) is 0 Å². The van der Waals surface area contributed by atoms with E-state index in [1.165, 1.54) is 0 Å².